The van der Waals surface area contributed by atoms with Crippen LogP contribution in [0.25, 0.3) is 0 Å². The third-order valence-electron chi connectivity index (χ3n) is 2.12. The first-order valence-electron chi connectivity index (χ1n) is 5.67. The minimum atomic E-state index is -3.59. The van der Waals surface area contributed by atoms with E-state index in [1.54, 1.807) is 0 Å². The summed E-state index contributed by atoms with van der Waals surface area (Å²) in [5, 5.41) is 8.61. The summed E-state index contributed by atoms with van der Waals surface area (Å²) in [6, 6.07) is 1.35. The standard InChI is InChI=1S/C10H18N4O3S/c1-8(2)7-11-9(15)3-6-13-18(16,17)10-4-5-12-14-10/h4-5,8,13H,3,6-7H2,1-2H3,(H,11,15)(H,12,14). The molecule has 0 unspecified atom stereocenters. The lowest BCUT2D eigenvalue weighted by Gasteiger charge is -2.08. The van der Waals surface area contributed by atoms with Gasteiger partial charge in [0.25, 0.3) is 10.0 Å². The molecule has 0 spiro atoms. The van der Waals surface area contributed by atoms with Gasteiger partial charge >= 0.3 is 0 Å². The lowest BCUT2D eigenvalue weighted by molar-refractivity contribution is -0.121. The number of nitrogens with one attached hydrogen (secondary N) is 3. The van der Waals surface area contributed by atoms with Gasteiger partial charge < -0.3 is 5.32 Å². The number of nitrogens with zero attached hydrogens (tertiary/aromatic N) is 1. The molecule has 1 aromatic heterocycles. The van der Waals surface area contributed by atoms with Crippen LogP contribution in [-0.2, 0) is 14.8 Å². The number of sulfonamides is 1. The van der Waals surface area contributed by atoms with Crippen LogP contribution >= 0.6 is 0 Å². The highest BCUT2D eigenvalue weighted by molar-refractivity contribution is 7.89. The summed E-state index contributed by atoms with van der Waals surface area (Å²) in [5.41, 5.74) is 0. The molecule has 1 heterocycles. The monoisotopic (exact) mass is 274 g/mol. The number of H-pyrrole nitrogens is 1. The van der Waals surface area contributed by atoms with Crippen molar-refractivity contribution in [2.75, 3.05) is 13.1 Å². The molecule has 0 aromatic carbocycles. The van der Waals surface area contributed by atoms with Gasteiger partial charge in [-0.15, -0.1) is 0 Å². The molecular weight excluding hydrogens is 256 g/mol. The number of aromatic amines is 1. The second-order valence-electron chi connectivity index (χ2n) is 4.27. The van der Waals surface area contributed by atoms with Crippen LogP contribution in [0.15, 0.2) is 17.3 Å². The average Bonchev–Trinajstić information content (AvgIpc) is 2.80. The van der Waals surface area contributed by atoms with Crippen molar-refractivity contribution in [1.82, 2.24) is 20.2 Å². The lowest BCUT2D eigenvalue weighted by Crippen LogP contribution is -2.32. The van der Waals surface area contributed by atoms with Crippen molar-refractivity contribution in [3.63, 3.8) is 0 Å². The second-order valence-corrected chi connectivity index (χ2v) is 6.00. The van der Waals surface area contributed by atoms with Crippen LogP contribution in [0.2, 0.25) is 0 Å². The van der Waals surface area contributed by atoms with Crippen LogP contribution < -0.4 is 10.0 Å². The van der Waals surface area contributed by atoms with Crippen LogP contribution in [-0.4, -0.2) is 37.6 Å². The van der Waals surface area contributed by atoms with E-state index in [-0.39, 0.29) is 23.9 Å². The lowest BCUT2D eigenvalue weighted by atomic mass is 10.2. The van der Waals surface area contributed by atoms with E-state index in [9.17, 15) is 13.2 Å². The Kier molecular flexibility index (Phi) is 5.29. The Bertz CT molecular complexity index is 467. The highest BCUT2D eigenvalue weighted by atomic mass is 32.2. The summed E-state index contributed by atoms with van der Waals surface area (Å²) in [6.07, 6.45) is 1.46. The Labute approximate surface area is 106 Å². The summed E-state index contributed by atoms with van der Waals surface area (Å²) >= 11 is 0. The number of rotatable bonds is 7. The van der Waals surface area contributed by atoms with Crippen LogP contribution in [0.1, 0.15) is 20.3 Å². The first-order chi connectivity index (χ1) is 8.42. The molecule has 0 aliphatic rings. The Morgan fingerprint density at radius 3 is 2.78 bits per heavy atom. The molecule has 1 amide bonds. The summed E-state index contributed by atoms with van der Waals surface area (Å²) in [5.74, 6) is 0.201. The Hall–Kier alpha value is -1.41. The average molecular weight is 274 g/mol. The van der Waals surface area contributed by atoms with E-state index in [2.05, 4.69) is 20.2 Å². The van der Waals surface area contributed by atoms with Crippen molar-refractivity contribution in [2.45, 2.75) is 25.3 Å². The van der Waals surface area contributed by atoms with Gasteiger partial charge in [-0.3, -0.25) is 9.89 Å². The number of hydrogen-bond acceptors (Lipinski definition) is 4. The summed E-state index contributed by atoms with van der Waals surface area (Å²) < 4.78 is 25.6. The van der Waals surface area contributed by atoms with Crippen molar-refractivity contribution < 1.29 is 13.2 Å². The summed E-state index contributed by atoms with van der Waals surface area (Å²) in [4.78, 5) is 11.4. The minimum absolute atomic E-state index is 0.00918. The van der Waals surface area contributed by atoms with Crippen molar-refractivity contribution >= 4 is 15.9 Å². The molecule has 0 saturated carbocycles. The molecular formula is C10H18N4O3S. The van der Waals surface area contributed by atoms with Gasteiger partial charge in [0.2, 0.25) is 5.91 Å². The van der Waals surface area contributed by atoms with Crippen molar-refractivity contribution in [3.8, 4) is 0 Å². The second kappa shape index (κ2) is 6.50. The van der Waals surface area contributed by atoms with E-state index in [0.717, 1.165) is 0 Å². The predicted octanol–water partition coefficient (Wildman–Crippen LogP) is -0.150. The molecule has 0 fully saturated rings. The first-order valence-corrected chi connectivity index (χ1v) is 7.16. The quantitative estimate of drug-likeness (QED) is 0.643. The smallest absolute Gasteiger partial charge is 0.257 e. The van der Waals surface area contributed by atoms with Gasteiger partial charge in [-0.2, -0.15) is 5.10 Å². The number of carbonyl (C=O) groups is 1. The van der Waals surface area contributed by atoms with Crippen molar-refractivity contribution in [1.29, 1.82) is 0 Å². The van der Waals surface area contributed by atoms with E-state index in [4.69, 9.17) is 0 Å². The Morgan fingerprint density at radius 1 is 1.50 bits per heavy atom. The van der Waals surface area contributed by atoms with E-state index in [1.807, 2.05) is 13.8 Å². The predicted molar refractivity (Wildman–Crippen MR) is 66.2 cm³/mol. The normalized spacial score (nSPS) is 11.7. The fourth-order valence-corrected chi connectivity index (χ4v) is 2.11. The fourth-order valence-electron chi connectivity index (χ4n) is 1.18. The van der Waals surface area contributed by atoms with E-state index >= 15 is 0 Å². The van der Waals surface area contributed by atoms with Gasteiger partial charge in [0.1, 0.15) is 0 Å². The Balaban J connectivity index is 2.32. The molecule has 0 aliphatic heterocycles. The molecule has 102 valence electrons. The number of hydrogen-bond donors (Lipinski definition) is 3. The van der Waals surface area contributed by atoms with Gasteiger partial charge in [0, 0.05) is 19.5 Å². The highest BCUT2D eigenvalue weighted by Gasteiger charge is 2.15. The van der Waals surface area contributed by atoms with Crippen molar-refractivity contribution in [3.05, 3.63) is 12.3 Å². The van der Waals surface area contributed by atoms with Gasteiger partial charge in [0.05, 0.1) is 6.20 Å². The van der Waals surface area contributed by atoms with Crippen LogP contribution in [0.4, 0.5) is 0 Å². The highest BCUT2D eigenvalue weighted by Crippen LogP contribution is 2.01. The molecule has 1 aromatic rings. The zero-order valence-corrected chi connectivity index (χ0v) is 11.3. The molecule has 0 atom stereocenters. The molecule has 7 nitrogen and oxygen atoms in total. The molecule has 0 bridgehead atoms. The zero-order chi connectivity index (χ0) is 13.6. The minimum Gasteiger partial charge on any atom is -0.356 e. The van der Waals surface area contributed by atoms with E-state index in [0.29, 0.717) is 12.5 Å². The largest absolute Gasteiger partial charge is 0.356 e. The van der Waals surface area contributed by atoms with Gasteiger partial charge in [-0.1, -0.05) is 13.8 Å². The molecule has 0 aliphatic carbocycles. The van der Waals surface area contributed by atoms with Gasteiger partial charge in [-0.05, 0) is 12.0 Å². The zero-order valence-electron chi connectivity index (χ0n) is 10.4. The van der Waals surface area contributed by atoms with Crippen LogP contribution in [0.3, 0.4) is 0 Å². The van der Waals surface area contributed by atoms with Gasteiger partial charge in [-0.25, -0.2) is 13.1 Å². The third-order valence-corrected chi connectivity index (χ3v) is 3.51. The maximum atomic E-state index is 11.6. The molecule has 3 N–H and O–H groups in total. The van der Waals surface area contributed by atoms with Crippen molar-refractivity contribution in [2.24, 2.45) is 5.92 Å². The third kappa shape index (κ3) is 4.84. The maximum Gasteiger partial charge on any atom is 0.257 e. The summed E-state index contributed by atoms with van der Waals surface area (Å²) in [7, 11) is -3.59. The summed E-state index contributed by atoms with van der Waals surface area (Å²) in [6.45, 7) is 4.62. The molecule has 1 rings (SSSR count). The van der Waals surface area contributed by atoms with E-state index < -0.39 is 10.0 Å². The van der Waals surface area contributed by atoms with Crippen LogP contribution in [0, 0.1) is 5.92 Å². The van der Waals surface area contributed by atoms with Gasteiger partial charge in [0.15, 0.2) is 5.03 Å². The Morgan fingerprint density at radius 2 is 2.22 bits per heavy atom. The molecule has 8 heteroatoms. The first kappa shape index (κ1) is 14.7. The number of amides is 1. The topological polar surface area (TPSA) is 104 Å². The molecule has 18 heavy (non-hydrogen) atoms. The fraction of sp³-hybridized carbons (Fsp3) is 0.600. The number of aromatic nitrogens is 2. The number of carbonyl (C=O) groups excluding carboxylic acids is 1. The SMILES string of the molecule is CC(C)CNC(=O)CCNS(=O)(=O)c1ccn[nH]1. The molecule has 0 radical (unpaired) electrons. The molecule has 0 saturated heterocycles. The van der Waals surface area contributed by atoms with E-state index in [1.165, 1.54) is 12.3 Å². The maximum absolute atomic E-state index is 11.6. The van der Waals surface area contributed by atoms with Crippen LogP contribution in [0.5, 0.6) is 0 Å².